The number of allylic oxidation sites excluding steroid dienone is 2. The van der Waals surface area contributed by atoms with Crippen molar-refractivity contribution in [2.45, 2.75) is 13.8 Å². The first-order chi connectivity index (χ1) is 7.22. The van der Waals surface area contributed by atoms with Gasteiger partial charge in [0.1, 0.15) is 0 Å². The van der Waals surface area contributed by atoms with Gasteiger partial charge in [-0.3, -0.25) is 4.99 Å². The predicted octanol–water partition coefficient (Wildman–Crippen LogP) is 3.83. The Bertz CT molecular complexity index is 358. The van der Waals surface area contributed by atoms with E-state index in [1.165, 1.54) is 0 Å². The molecule has 0 aromatic heterocycles. The van der Waals surface area contributed by atoms with E-state index in [9.17, 15) is 0 Å². The number of hydrogen-bond acceptors (Lipinski definition) is 1. The van der Waals surface area contributed by atoms with E-state index in [1.807, 2.05) is 36.5 Å². The van der Waals surface area contributed by atoms with Crippen LogP contribution in [0.3, 0.4) is 0 Å². The summed E-state index contributed by atoms with van der Waals surface area (Å²) in [4.78, 5) is 4.37. The van der Waals surface area contributed by atoms with Crippen molar-refractivity contribution in [3.8, 4) is 0 Å². The number of benzene rings is 1. The molecule has 0 saturated heterocycles. The molecular formula is C14H17N. The normalized spacial score (nSPS) is 12.3. The van der Waals surface area contributed by atoms with Gasteiger partial charge in [0, 0.05) is 6.21 Å². The molecule has 0 atom stereocenters. The van der Waals surface area contributed by atoms with Gasteiger partial charge in [0.15, 0.2) is 0 Å². The molecule has 1 aromatic carbocycles. The van der Waals surface area contributed by atoms with E-state index in [0.717, 1.165) is 11.3 Å². The van der Waals surface area contributed by atoms with Gasteiger partial charge in [0.05, 0.1) is 5.70 Å². The maximum Gasteiger partial charge on any atom is 0.0586 e. The van der Waals surface area contributed by atoms with Crippen LogP contribution in [-0.2, 0) is 0 Å². The second-order valence-corrected chi connectivity index (χ2v) is 3.71. The Morgan fingerprint density at radius 1 is 1.27 bits per heavy atom. The minimum atomic E-state index is 0.492. The summed E-state index contributed by atoms with van der Waals surface area (Å²) >= 11 is 0. The van der Waals surface area contributed by atoms with Gasteiger partial charge in [-0.1, -0.05) is 56.8 Å². The fourth-order valence-corrected chi connectivity index (χ4v) is 1.19. The Kier molecular flexibility index (Phi) is 4.55. The predicted molar refractivity (Wildman–Crippen MR) is 67.2 cm³/mol. The topological polar surface area (TPSA) is 12.4 Å². The molecule has 0 radical (unpaired) electrons. The third kappa shape index (κ3) is 4.41. The molecule has 1 nitrogen and oxygen atoms in total. The Morgan fingerprint density at radius 3 is 2.47 bits per heavy atom. The van der Waals surface area contributed by atoms with Crippen molar-refractivity contribution in [1.29, 1.82) is 0 Å². The summed E-state index contributed by atoms with van der Waals surface area (Å²) in [6, 6.07) is 10.1. The van der Waals surface area contributed by atoms with Gasteiger partial charge in [-0.2, -0.15) is 0 Å². The van der Waals surface area contributed by atoms with Crippen molar-refractivity contribution >= 4 is 6.21 Å². The second kappa shape index (κ2) is 5.97. The number of nitrogens with zero attached hydrogens (tertiary/aromatic N) is 1. The van der Waals surface area contributed by atoms with Crippen LogP contribution in [0.15, 0.2) is 59.8 Å². The summed E-state index contributed by atoms with van der Waals surface area (Å²) in [5.74, 6) is 0.492. The van der Waals surface area contributed by atoms with Gasteiger partial charge in [-0.05, 0) is 17.6 Å². The van der Waals surface area contributed by atoms with E-state index in [4.69, 9.17) is 0 Å². The minimum absolute atomic E-state index is 0.492. The van der Waals surface area contributed by atoms with Crippen LogP contribution < -0.4 is 0 Å². The first-order valence-electron chi connectivity index (χ1n) is 5.15. The molecule has 0 spiro atoms. The Hall–Kier alpha value is -1.63. The highest BCUT2D eigenvalue weighted by Crippen LogP contribution is 2.05. The van der Waals surface area contributed by atoms with Gasteiger partial charge in [0.25, 0.3) is 0 Å². The summed E-state index contributed by atoms with van der Waals surface area (Å²) < 4.78 is 0. The highest BCUT2D eigenvalue weighted by atomic mass is 14.7. The molecule has 0 bridgehead atoms. The molecule has 1 rings (SSSR count). The molecule has 0 aliphatic heterocycles. The molecule has 0 N–H and O–H groups in total. The van der Waals surface area contributed by atoms with Crippen LogP contribution in [0.2, 0.25) is 0 Å². The highest BCUT2D eigenvalue weighted by Gasteiger charge is 1.90. The molecule has 1 aromatic rings. The number of aliphatic imine (C=N–C) groups is 1. The summed E-state index contributed by atoms with van der Waals surface area (Å²) in [6.45, 7) is 8.00. The molecule has 0 aliphatic rings. The lowest BCUT2D eigenvalue weighted by molar-refractivity contribution is 0.824. The smallest absolute Gasteiger partial charge is 0.0586 e. The molecular weight excluding hydrogens is 182 g/mol. The lowest BCUT2D eigenvalue weighted by Gasteiger charge is -1.97. The maximum atomic E-state index is 4.37. The van der Waals surface area contributed by atoms with Gasteiger partial charge < -0.3 is 0 Å². The SMILES string of the molecule is C=C/C(=C\C(C)C)N=Cc1ccccc1. The van der Waals surface area contributed by atoms with Crippen LogP contribution >= 0.6 is 0 Å². The molecule has 0 aliphatic carbocycles. The molecule has 0 fully saturated rings. The van der Waals surface area contributed by atoms with Gasteiger partial charge in [-0.15, -0.1) is 0 Å². The van der Waals surface area contributed by atoms with Crippen molar-refractivity contribution in [2.24, 2.45) is 10.9 Å². The van der Waals surface area contributed by atoms with E-state index in [0.29, 0.717) is 5.92 Å². The molecule has 1 heteroatoms. The van der Waals surface area contributed by atoms with E-state index < -0.39 is 0 Å². The Morgan fingerprint density at radius 2 is 1.93 bits per heavy atom. The molecule has 0 amide bonds. The van der Waals surface area contributed by atoms with Crippen molar-refractivity contribution in [3.63, 3.8) is 0 Å². The van der Waals surface area contributed by atoms with E-state index in [-0.39, 0.29) is 0 Å². The largest absolute Gasteiger partial charge is 0.257 e. The monoisotopic (exact) mass is 199 g/mol. The Labute approximate surface area is 91.9 Å². The zero-order valence-corrected chi connectivity index (χ0v) is 9.35. The summed E-state index contributed by atoms with van der Waals surface area (Å²) in [5, 5.41) is 0. The van der Waals surface area contributed by atoms with Crippen LogP contribution in [0.25, 0.3) is 0 Å². The van der Waals surface area contributed by atoms with Gasteiger partial charge in [0.2, 0.25) is 0 Å². The van der Waals surface area contributed by atoms with Crippen molar-refractivity contribution in [2.75, 3.05) is 0 Å². The Balaban J connectivity index is 2.76. The standard InChI is InChI=1S/C14H17N/c1-4-14(10-12(2)3)15-11-13-8-6-5-7-9-13/h4-12H,1H2,2-3H3/b14-10+,15-11?. The van der Waals surface area contributed by atoms with E-state index >= 15 is 0 Å². The molecule has 15 heavy (non-hydrogen) atoms. The van der Waals surface area contributed by atoms with Crippen molar-refractivity contribution in [3.05, 3.63) is 60.3 Å². The highest BCUT2D eigenvalue weighted by molar-refractivity contribution is 5.80. The van der Waals surface area contributed by atoms with Crippen molar-refractivity contribution < 1.29 is 0 Å². The quantitative estimate of drug-likeness (QED) is 0.516. The van der Waals surface area contributed by atoms with Crippen LogP contribution in [0.4, 0.5) is 0 Å². The summed E-state index contributed by atoms with van der Waals surface area (Å²) in [5.41, 5.74) is 2.03. The second-order valence-electron chi connectivity index (χ2n) is 3.71. The third-order valence-electron chi connectivity index (χ3n) is 1.88. The third-order valence-corrected chi connectivity index (χ3v) is 1.88. The number of rotatable bonds is 4. The van der Waals surface area contributed by atoms with Crippen LogP contribution in [-0.4, -0.2) is 6.21 Å². The van der Waals surface area contributed by atoms with Gasteiger partial charge in [-0.25, -0.2) is 0 Å². The van der Waals surface area contributed by atoms with Crippen LogP contribution in [0.1, 0.15) is 19.4 Å². The van der Waals surface area contributed by atoms with Gasteiger partial charge >= 0.3 is 0 Å². The lowest BCUT2D eigenvalue weighted by Crippen LogP contribution is -1.84. The van der Waals surface area contributed by atoms with Crippen LogP contribution in [0.5, 0.6) is 0 Å². The zero-order chi connectivity index (χ0) is 11.1. The first-order valence-corrected chi connectivity index (χ1v) is 5.15. The molecule has 78 valence electrons. The van der Waals surface area contributed by atoms with Crippen molar-refractivity contribution in [1.82, 2.24) is 0 Å². The molecule has 0 heterocycles. The molecule has 0 saturated carbocycles. The minimum Gasteiger partial charge on any atom is -0.257 e. The molecule has 0 unspecified atom stereocenters. The fourth-order valence-electron chi connectivity index (χ4n) is 1.19. The van der Waals surface area contributed by atoms with E-state index in [1.54, 1.807) is 6.08 Å². The summed E-state index contributed by atoms with van der Waals surface area (Å²) in [7, 11) is 0. The first kappa shape index (κ1) is 11.4. The zero-order valence-electron chi connectivity index (χ0n) is 9.35. The van der Waals surface area contributed by atoms with Crippen LogP contribution in [0, 0.1) is 5.92 Å². The van der Waals surface area contributed by atoms with E-state index in [2.05, 4.69) is 31.5 Å². The lowest BCUT2D eigenvalue weighted by atomic mass is 10.2. The fraction of sp³-hybridized carbons (Fsp3) is 0.214. The average Bonchev–Trinajstić information content (AvgIpc) is 2.25. The number of hydrogen-bond donors (Lipinski definition) is 0. The summed E-state index contributed by atoms with van der Waals surface area (Å²) in [6.07, 6.45) is 5.72. The maximum absolute atomic E-state index is 4.37. The average molecular weight is 199 g/mol.